The van der Waals surface area contributed by atoms with Crippen LogP contribution in [0.15, 0.2) is 48.7 Å². The molecule has 2 heterocycles. The highest BCUT2D eigenvalue weighted by Gasteiger charge is 2.22. The van der Waals surface area contributed by atoms with E-state index in [4.69, 9.17) is 18.9 Å². The number of aromatic nitrogens is 1. The molecule has 1 fully saturated rings. The number of pyridine rings is 1. The Morgan fingerprint density at radius 3 is 2.45 bits per heavy atom. The van der Waals surface area contributed by atoms with E-state index in [2.05, 4.69) is 55.1 Å². The zero-order valence-electron chi connectivity index (χ0n) is 24.5. The van der Waals surface area contributed by atoms with Crippen LogP contribution in [-0.4, -0.2) is 68.0 Å². The van der Waals surface area contributed by atoms with Crippen LogP contribution in [0.3, 0.4) is 0 Å². The molecule has 216 valence electrons. The van der Waals surface area contributed by atoms with E-state index in [1.807, 2.05) is 42.5 Å². The third-order valence-electron chi connectivity index (χ3n) is 6.65. The summed E-state index contributed by atoms with van der Waals surface area (Å²) in [7, 11) is 1.63. The van der Waals surface area contributed by atoms with E-state index in [1.165, 1.54) is 0 Å². The van der Waals surface area contributed by atoms with Gasteiger partial charge in [-0.15, -0.1) is 0 Å². The average molecular weight is 551 g/mol. The summed E-state index contributed by atoms with van der Waals surface area (Å²) in [5.74, 6) is 2.54. The van der Waals surface area contributed by atoms with Gasteiger partial charge >= 0.3 is 6.03 Å². The zero-order chi connectivity index (χ0) is 28.7. The number of morpholine rings is 1. The Kier molecular flexibility index (Phi) is 9.71. The number of benzene rings is 2. The molecule has 2 N–H and O–H groups in total. The number of hydrogen-bond donors (Lipinski definition) is 2. The van der Waals surface area contributed by atoms with Gasteiger partial charge in [0.2, 0.25) is 0 Å². The van der Waals surface area contributed by atoms with Gasteiger partial charge < -0.3 is 29.6 Å². The van der Waals surface area contributed by atoms with Gasteiger partial charge in [0.15, 0.2) is 11.5 Å². The van der Waals surface area contributed by atoms with Crippen LogP contribution in [0, 0.1) is 5.41 Å². The number of hydrogen-bond acceptors (Lipinski definition) is 7. The van der Waals surface area contributed by atoms with Crippen LogP contribution < -0.4 is 24.8 Å². The maximum Gasteiger partial charge on any atom is 0.319 e. The van der Waals surface area contributed by atoms with Crippen LogP contribution in [-0.2, 0) is 4.74 Å². The summed E-state index contributed by atoms with van der Waals surface area (Å²) < 4.78 is 23.8. The van der Waals surface area contributed by atoms with Gasteiger partial charge in [0.1, 0.15) is 18.1 Å². The van der Waals surface area contributed by atoms with Gasteiger partial charge in [0.05, 0.1) is 24.8 Å². The van der Waals surface area contributed by atoms with Crippen molar-refractivity contribution in [2.24, 2.45) is 5.41 Å². The highest BCUT2D eigenvalue weighted by molar-refractivity contribution is 5.89. The van der Waals surface area contributed by atoms with E-state index in [0.717, 1.165) is 37.0 Å². The molecule has 9 heteroatoms. The molecule has 0 radical (unpaired) electrons. The Labute approximate surface area is 237 Å². The number of anilines is 1. The number of fused-ring (bicyclic) bond motifs is 1. The molecule has 1 saturated heterocycles. The largest absolute Gasteiger partial charge is 0.493 e. The van der Waals surface area contributed by atoms with Crippen molar-refractivity contribution in [3.05, 3.63) is 48.7 Å². The lowest BCUT2D eigenvalue weighted by molar-refractivity contribution is -0.0699. The minimum atomic E-state index is -0.225. The van der Waals surface area contributed by atoms with Crippen molar-refractivity contribution in [2.45, 2.75) is 53.2 Å². The fourth-order valence-corrected chi connectivity index (χ4v) is 4.70. The van der Waals surface area contributed by atoms with Crippen LogP contribution in [0.2, 0.25) is 0 Å². The molecule has 0 saturated carbocycles. The molecule has 0 spiro atoms. The Bertz CT molecular complexity index is 1270. The molecule has 4 rings (SSSR count). The average Bonchev–Trinajstić information content (AvgIpc) is 2.88. The summed E-state index contributed by atoms with van der Waals surface area (Å²) in [5, 5.41) is 6.56. The number of nitrogens with one attached hydrogen (secondary N) is 2. The van der Waals surface area contributed by atoms with Gasteiger partial charge in [0.25, 0.3) is 0 Å². The lowest BCUT2D eigenvalue weighted by atomic mass is 9.92. The quantitative estimate of drug-likeness (QED) is 0.316. The first-order valence-electron chi connectivity index (χ1n) is 13.9. The first kappa shape index (κ1) is 29.4. The van der Waals surface area contributed by atoms with Crippen molar-refractivity contribution < 1.29 is 23.7 Å². The highest BCUT2D eigenvalue weighted by Crippen LogP contribution is 2.37. The lowest BCUT2D eigenvalue weighted by Gasteiger charge is -2.35. The fraction of sp³-hybridized carbons (Fsp3) is 0.484. The number of carbonyl (C=O) groups excluding carboxylic acids is 1. The molecule has 9 nitrogen and oxygen atoms in total. The summed E-state index contributed by atoms with van der Waals surface area (Å²) in [6.45, 7) is 14.4. The van der Waals surface area contributed by atoms with Crippen molar-refractivity contribution in [1.82, 2.24) is 15.2 Å². The molecule has 1 aliphatic rings. The van der Waals surface area contributed by atoms with Crippen LogP contribution in [0.25, 0.3) is 10.9 Å². The monoisotopic (exact) mass is 550 g/mol. The minimum absolute atomic E-state index is 0.170. The molecule has 2 unspecified atom stereocenters. The molecular weight excluding hydrogens is 508 g/mol. The van der Waals surface area contributed by atoms with Crippen LogP contribution in [0.5, 0.6) is 23.0 Å². The standard InChI is InChI=1S/C31H42N4O5/c1-21-19-35(20-22(2)39-21)15-16-38-29-18-26-25(17-28(29)37-6)27(11-13-32-26)40-24-9-7-23(8-10-24)34-30(36)33-14-12-31(3,4)5/h7-11,13,17-18,21-22H,12,14-16,19-20H2,1-6H3,(H2,33,34,36). The fourth-order valence-electron chi connectivity index (χ4n) is 4.70. The lowest BCUT2D eigenvalue weighted by Crippen LogP contribution is -2.46. The summed E-state index contributed by atoms with van der Waals surface area (Å²) in [5.41, 5.74) is 1.60. The van der Waals surface area contributed by atoms with Crippen LogP contribution in [0.1, 0.15) is 41.0 Å². The third kappa shape index (κ3) is 8.47. The van der Waals surface area contributed by atoms with Crippen molar-refractivity contribution in [3.8, 4) is 23.0 Å². The van der Waals surface area contributed by atoms with Crippen molar-refractivity contribution in [2.75, 3.05) is 45.2 Å². The van der Waals surface area contributed by atoms with E-state index < -0.39 is 0 Å². The number of rotatable bonds is 10. The second-order valence-corrected chi connectivity index (χ2v) is 11.5. The molecule has 0 bridgehead atoms. The molecule has 2 aromatic carbocycles. The summed E-state index contributed by atoms with van der Waals surface area (Å²) >= 11 is 0. The molecule has 40 heavy (non-hydrogen) atoms. The number of urea groups is 1. The molecule has 0 aliphatic carbocycles. The minimum Gasteiger partial charge on any atom is -0.493 e. The van der Waals surface area contributed by atoms with Gasteiger partial charge in [0, 0.05) is 49.5 Å². The SMILES string of the molecule is COc1cc2c(Oc3ccc(NC(=O)NCCC(C)(C)C)cc3)ccnc2cc1OCCN1CC(C)OC(C)C1. The van der Waals surface area contributed by atoms with Crippen molar-refractivity contribution in [1.29, 1.82) is 0 Å². The van der Waals surface area contributed by atoms with E-state index in [-0.39, 0.29) is 23.7 Å². The summed E-state index contributed by atoms with van der Waals surface area (Å²) in [4.78, 5) is 19.1. The number of amides is 2. The summed E-state index contributed by atoms with van der Waals surface area (Å²) in [6.07, 6.45) is 3.05. The van der Waals surface area contributed by atoms with E-state index in [9.17, 15) is 4.79 Å². The Morgan fingerprint density at radius 1 is 1.05 bits per heavy atom. The smallest absolute Gasteiger partial charge is 0.319 e. The third-order valence-corrected chi connectivity index (χ3v) is 6.65. The first-order valence-corrected chi connectivity index (χ1v) is 13.9. The van der Waals surface area contributed by atoms with Gasteiger partial charge in [-0.2, -0.15) is 0 Å². The predicted molar refractivity (Wildman–Crippen MR) is 158 cm³/mol. The van der Waals surface area contributed by atoms with Gasteiger partial charge in [-0.05, 0) is 62.1 Å². The Hall–Kier alpha value is -3.56. The number of nitrogens with zero attached hydrogens (tertiary/aromatic N) is 2. The topological polar surface area (TPSA) is 94.2 Å². The summed E-state index contributed by atoms with van der Waals surface area (Å²) in [6, 6.07) is 12.6. The van der Waals surface area contributed by atoms with Crippen LogP contribution >= 0.6 is 0 Å². The number of methoxy groups -OCH3 is 1. The Balaban J connectivity index is 1.38. The molecule has 1 aliphatic heterocycles. The zero-order valence-corrected chi connectivity index (χ0v) is 24.5. The predicted octanol–water partition coefficient (Wildman–Crippen LogP) is 6.08. The molecule has 1 aromatic heterocycles. The van der Waals surface area contributed by atoms with Gasteiger partial charge in [-0.3, -0.25) is 9.88 Å². The normalized spacial score (nSPS) is 17.9. The van der Waals surface area contributed by atoms with E-state index >= 15 is 0 Å². The first-order chi connectivity index (χ1) is 19.1. The molecule has 2 amide bonds. The number of ether oxygens (including phenoxy) is 4. The second-order valence-electron chi connectivity index (χ2n) is 11.5. The van der Waals surface area contributed by atoms with Gasteiger partial charge in [-0.25, -0.2) is 4.79 Å². The molecular formula is C31H42N4O5. The van der Waals surface area contributed by atoms with Crippen molar-refractivity contribution >= 4 is 22.6 Å². The maximum atomic E-state index is 12.2. The van der Waals surface area contributed by atoms with Crippen molar-refractivity contribution in [3.63, 3.8) is 0 Å². The van der Waals surface area contributed by atoms with E-state index in [0.29, 0.717) is 41.8 Å². The van der Waals surface area contributed by atoms with E-state index in [1.54, 1.807) is 13.3 Å². The van der Waals surface area contributed by atoms with Gasteiger partial charge in [-0.1, -0.05) is 20.8 Å². The maximum absolute atomic E-state index is 12.2. The second kappa shape index (κ2) is 13.2. The molecule has 3 aromatic rings. The van der Waals surface area contributed by atoms with Crippen LogP contribution in [0.4, 0.5) is 10.5 Å². The Morgan fingerprint density at radius 2 is 1.77 bits per heavy atom. The highest BCUT2D eigenvalue weighted by atomic mass is 16.5. The molecule has 2 atom stereocenters. The number of carbonyl (C=O) groups is 1.